The van der Waals surface area contributed by atoms with Gasteiger partial charge in [-0.1, -0.05) is 12.1 Å². The maximum Gasteiger partial charge on any atom is 0.596 e. The van der Waals surface area contributed by atoms with Crippen molar-refractivity contribution in [1.29, 1.82) is 0 Å². The van der Waals surface area contributed by atoms with Crippen LogP contribution < -0.4 is 4.74 Å². The van der Waals surface area contributed by atoms with Crippen LogP contribution in [0.5, 0.6) is 5.75 Å². The number of hydrogen-bond donors (Lipinski definition) is 0. The molecule has 0 N–H and O–H groups in total. The number of esters is 1. The normalized spacial score (nSPS) is 15.6. The summed E-state index contributed by atoms with van der Waals surface area (Å²) < 4.78 is 33.7. The van der Waals surface area contributed by atoms with Gasteiger partial charge in [0.2, 0.25) is 0 Å². The Labute approximate surface area is 231 Å². The van der Waals surface area contributed by atoms with E-state index in [1.54, 1.807) is 35.8 Å². The Bertz CT molecular complexity index is 1260. The number of rotatable bonds is 6. The van der Waals surface area contributed by atoms with Gasteiger partial charge in [-0.25, -0.2) is 9.18 Å². The van der Waals surface area contributed by atoms with E-state index in [1.165, 1.54) is 6.07 Å². The topological polar surface area (TPSA) is 68.1 Å². The van der Waals surface area contributed by atoms with Crippen molar-refractivity contribution in [2.45, 2.75) is 79.6 Å². The number of ether oxygens (including phenoxy) is 3. The molecule has 1 atom stereocenters. The number of halogens is 1. The zero-order valence-corrected chi connectivity index (χ0v) is 24.7. The van der Waals surface area contributed by atoms with Crippen molar-refractivity contribution in [3.05, 3.63) is 64.5 Å². The minimum Gasteiger partial charge on any atom is -0.484 e. The second-order valence-corrected chi connectivity index (χ2v) is 12.2. The molecule has 0 saturated carbocycles. The van der Waals surface area contributed by atoms with E-state index in [0.717, 1.165) is 11.3 Å². The van der Waals surface area contributed by atoms with Crippen molar-refractivity contribution in [1.82, 2.24) is 4.90 Å². The van der Waals surface area contributed by atoms with Crippen LogP contribution in [0.3, 0.4) is 0 Å². The zero-order valence-electron chi connectivity index (χ0n) is 24.7. The molecule has 1 amide bonds. The van der Waals surface area contributed by atoms with Crippen molar-refractivity contribution in [2.75, 3.05) is 26.2 Å². The van der Waals surface area contributed by atoms with Crippen LogP contribution in [0.25, 0.3) is 0 Å². The lowest BCUT2D eigenvalue weighted by atomic mass is 10.0. The molecule has 3 rings (SSSR count). The van der Waals surface area contributed by atoms with Crippen LogP contribution >= 0.6 is 0 Å². The fraction of sp³-hybridized carbons (Fsp3) is 0.516. The molecule has 0 bridgehead atoms. The van der Waals surface area contributed by atoms with Gasteiger partial charge in [0.1, 0.15) is 28.9 Å². The highest BCUT2D eigenvalue weighted by Crippen LogP contribution is 2.28. The molecule has 212 valence electrons. The minimum atomic E-state index is -0.595. The van der Waals surface area contributed by atoms with Gasteiger partial charge in [0, 0.05) is 13.5 Å². The Morgan fingerprint density at radius 1 is 0.949 bits per heavy atom. The second-order valence-electron chi connectivity index (χ2n) is 12.2. The summed E-state index contributed by atoms with van der Waals surface area (Å²) in [5.41, 5.74) is 2.18. The Balaban J connectivity index is 1.83. The van der Waals surface area contributed by atoms with Crippen LogP contribution in [0.1, 0.15) is 81.6 Å². The molecule has 0 spiro atoms. The van der Waals surface area contributed by atoms with Crippen molar-refractivity contribution >= 4 is 17.8 Å². The molecular formula is C31H42FN2O5+. The Morgan fingerprint density at radius 3 is 2.18 bits per heavy atom. The smallest absolute Gasteiger partial charge is 0.484 e. The SMILES string of the molecule is CC1=[N+](C(=O)OC(C)(C)C)CCN(C[C@H](Oc2ccc(C(=O)OC(C)(C)C)c(C)c2)c2ccc(C)c(F)c2)C1. The molecule has 2 aromatic rings. The molecule has 0 radical (unpaired) electrons. The van der Waals surface area contributed by atoms with Gasteiger partial charge in [-0.2, -0.15) is 4.79 Å². The molecule has 0 unspecified atom stereocenters. The molecule has 0 saturated heterocycles. The summed E-state index contributed by atoms with van der Waals surface area (Å²) in [6.45, 7) is 18.6. The number of aryl methyl sites for hydroxylation is 2. The first-order chi connectivity index (χ1) is 18.0. The lowest BCUT2D eigenvalue weighted by Crippen LogP contribution is -2.48. The minimum absolute atomic E-state index is 0.296. The molecule has 39 heavy (non-hydrogen) atoms. The zero-order chi connectivity index (χ0) is 29.1. The number of amides is 1. The quantitative estimate of drug-likeness (QED) is 0.319. The van der Waals surface area contributed by atoms with Gasteiger partial charge < -0.3 is 14.2 Å². The van der Waals surface area contributed by atoms with Gasteiger partial charge in [-0.15, -0.1) is 4.58 Å². The van der Waals surface area contributed by atoms with Crippen molar-refractivity contribution in [3.63, 3.8) is 0 Å². The number of hydrogen-bond acceptors (Lipinski definition) is 6. The predicted octanol–water partition coefficient (Wildman–Crippen LogP) is 6.24. The lowest BCUT2D eigenvalue weighted by molar-refractivity contribution is -0.458. The first-order valence-corrected chi connectivity index (χ1v) is 13.3. The van der Waals surface area contributed by atoms with Gasteiger partial charge in [0.25, 0.3) is 0 Å². The summed E-state index contributed by atoms with van der Waals surface area (Å²) in [5.74, 6) is -0.119. The fourth-order valence-corrected chi connectivity index (χ4v) is 4.33. The van der Waals surface area contributed by atoms with E-state index in [4.69, 9.17) is 14.2 Å². The van der Waals surface area contributed by atoms with Crippen molar-refractivity contribution in [3.8, 4) is 5.75 Å². The van der Waals surface area contributed by atoms with Gasteiger partial charge >= 0.3 is 12.1 Å². The van der Waals surface area contributed by atoms with E-state index >= 15 is 0 Å². The van der Waals surface area contributed by atoms with Gasteiger partial charge in [-0.3, -0.25) is 4.90 Å². The van der Waals surface area contributed by atoms with Gasteiger partial charge in [0.05, 0.1) is 18.7 Å². The Kier molecular flexibility index (Phi) is 9.21. The maximum atomic E-state index is 14.6. The predicted molar refractivity (Wildman–Crippen MR) is 149 cm³/mol. The third-order valence-corrected chi connectivity index (χ3v) is 6.25. The molecule has 0 fully saturated rings. The summed E-state index contributed by atoms with van der Waals surface area (Å²) >= 11 is 0. The molecular weight excluding hydrogens is 499 g/mol. The van der Waals surface area contributed by atoms with Crippen LogP contribution in [0, 0.1) is 19.7 Å². The van der Waals surface area contributed by atoms with Crippen LogP contribution in [-0.2, 0) is 9.47 Å². The molecule has 2 aromatic carbocycles. The van der Waals surface area contributed by atoms with Gasteiger partial charge in [0.15, 0.2) is 12.3 Å². The summed E-state index contributed by atoms with van der Waals surface area (Å²) in [6, 6.07) is 10.4. The number of carbonyl (C=O) groups excluding carboxylic acids is 2. The first-order valence-electron chi connectivity index (χ1n) is 13.3. The number of nitrogens with zero attached hydrogens (tertiary/aromatic N) is 2. The third-order valence-electron chi connectivity index (χ3n) is 6.25. The average molecular weight is 542 g/mol. The van der Waals surface area contributed by atoms with Crippen LogP contribution in [0.2, 0.25) is 0 Å². The highest BCUT2D eigenvalue weighted by Gasteiger charge is 2.34. The molecule has 0 aromatic heterocycles. The summed E-state index contributed by atoms with van der Waals surface area (Å²) in [4.78, 5) is 27.4. The van der Waals surface area contributed by atoms with Crippen molar-refractivity contribution < 1.29 is 32.8 Å². The molecule has 0 aliphatic carbocycles. The third kappa shape index (κ3) is 8.62. The maximum absolute atomic E-state index is 14.6. The van der Waals surface area contributed by atoms with Crippen LogP contribution in [0.4, 0.5) is 9.18 Å². The summed E-state index contributed by atoms with van der Waals surface area (Å²) in [6.07, 6.45) is -0.832. The second kappa shape index (κ2) is 11.9. The first kappa shape index (κ1) is 30.3. The number of carbonyl (C=O) groups is 2. The van der Waals surface area contributed by atoms with Gasteiger partial charge in [-0.05, 0) is 96.3 Å². The highest BCUT2D eigenvalue weighted by atomic mass is 19.1. The van der Waals surface area contributed by atoms with E-state index in [0.29, 0.717) is 48.6 Å². The lowest BCUT2D eigenvalue weighted by Gasteiger charge is -2.30. The van der Waals surface area contributed by atoms with Crippen molar-refractivity contribution in [2.24, 2.45) is 0 Å². The molecule has 8 heteroatoms. The van der Waals surface area contributed by atoms with E-state index in [2.05, 4.69) is 4.90 Å². The van der Waals surface area contributed by atoms with E-state index in [-0.39, 0.29) is 11.9 Å². The van der Waals surface area contributed by atoms with E-state index in [9.17, 15) is 14.0 Å². The summed E-state index contributed by atoms with van der Waals surface area (Å²) in [5, 5.41) is 0. The monoisotopic (exact) mass is 541 g/mol. The largest absolute Gasteiger partial charge is 0.596 e. The standard InChI is InChI=1S/C31H42FN2O5/c1-20-10-11-23(17-26(20)32)27(19-33-14-15-34(22(3)18-33)29(36)39-31(7,8)9)37-24-12-13-25(21(2)16-24)28(35)38-30(4,5)6/h10-13,16-17,27H,14-15,18-19H2,1-9H3/q+1/t27-/m0/s1. The Morgan fingerprint density at radius 2 is 1.62 bits per heavy atom. The molecule has 1 heterocycles. The Hall–Kier alpha value is -3.26. The highest BCUT2D eigenvalue weighted by molar-refractivity contribution is 5.91. The van der Waals surface area contributed by atoms with E-state index in [1.807, 2.05) is 61.5 Å². The number of benzene rings is 2. The van der Waals surface area contributed by atoms with E-state index < -0.39 is 23.3 Å². The molecule has 7 nitrogen and oxygen atoms in total. The average Bonchev–Trinajstić information content (AvgIpc) is 2.78. The molecule has 1 aliphatic heterocycles. The molecule has 1 aliphatic rings. The van der Waals surface area contributed by atoms with Crippen LogP contribution in [-0.4, -0.2) is 64.6 Å². The van der Waals surface area contributed by atoms with Crippen LogP contribution in [0.15, 0.2) is 36.4 Å². The summed E-state index contributed by atoms with van der Waals surface area (Å²) in [7, 11) is 0. The fourth-order valence-electron chi connectivity index (χ4n) is 4.33.